The number of halogens is 2. The molecule has 2 heteroatoms. The molecule has 0 saturated heterocycles. The van der Waals surface area contributed by atoms with E-state index in [2.05, 4.69) is 62.8 Å². The highest BCUT2D eigenvalue weighted by Crippen LogP contribution is 2.09. The minimum absolute atomic E-state index is 1.10. The van der Waals surface area contributed by atoms with E-state index in [9.17, 15) is 0 Å². The van der Waals surface area contributed by atoms with Gasteiger partial charge in [-0.1, -0.05) is 62.8 Å². The zero-order valence-electron chi connectivity index (χ0n) is 7.60. The molecule has 0 unspecified atom stereocenters. The van der Waals surface area contributed by atoms with Gasteiger partial charge in [-0.3, -0.25) is 0 Å². The Morgan fingerprint density at radius 3 is 2.46 bits per heavy atom. The summed E-state index contributed by atoms with van der Waals surface area (Å²) in [6.45, 7) is 0. The first-order valence-corrected chi connectivity index (χ1v) is 7.21. The Hall–Kier alpha value is 0.430. The number of alkyl halides is 2. The van der Waals surface area contributed by atoms with Crippen LogP contribution < -0.4 is 0 Å². The second kappa shape index (κ2) is 6.82. The maximum Gasteiger partial charge on any atom is 0.00358 e. The predicted octanol–water partition coefficient (Wildman–Crippen LogP) is 3.99. The summed E-state index contributed by atoms with van der Waals surface area (Å²) in [6, 6.07) is 8.95. The lowest BCUT2D eigenvalue weighted by atomic mass is 10.1. The van der Waals surface area contributed by atoms with Crippen LogP contribution in [0.3, 0.4) is 0 Å². The maximum absolute atomic E-state index is 3.45. The van der Waals surface area contributed by atoms with E-state index in [0.717, 1.165) is 5.33 Å². The minimum Gasteiger partial charge on any atom is -0.0928 e. The van der Waals surface area contributed by atoms with Gasteiger partial charge < -0.3 is 0 Å². The topological polar surface area (TPSA) is 0 Å². The predicted molar refractivity (Wildman–Crippen MR) is 71.1 cm³/mol. The van der Waals surface area contributed by atoms with Gasteiger partial charge in [-0.15, -0.1) is 0 Å². The molecule has 0 aromatic heterocycles. The van der Waals surface area contributed by atoms with E-state index < -0.39 is 0 Å². The average molecular weight is 353 g/mol. The molecular formula is C11H14BrI. The van der Waals surface area contributed by atoms with Crippen molar-refractivity contribution in [3.8, 4) is 0 Å². The number of benzene rings is 1. The molecule has 1 rings (SSSR count). The first-order chi connectivity index (χ1) is 6.36. The summed E-state index contributed by atoms with van der Waals surface area (Å²) in [5, 5.41) is 1.10. The van der Waals surface area contributed by atoms with E-state index in [1.165, 1.54) is 34.8 Å². The van der Waals surface area contributed by atoms with Gasteiger partial charge in [0.1, 0.15) is 0 Å². The highest BCUT2D eigenvalue weighted by molar-refractivity contribution is 14.1. The molecular weight excluding hydrogens is 339 g/mol. The number of rotatable bonds is 5. The Morgan fingerprint density at radius 2 is 1.85 bits per heavy atom. The molecule has 1 aromatic rings. The number of hydrogen-bond acceptors (Lipinski definition) is 0. The van der Waals surface area contributed by atoms with Crippen LogP contribution in [-0.2, 0) is 12.8 Å². The zero-order valence-corrected chi connectivity index (χ0v) is 11.3. The molecule has 0 N–H and O–H groups in total. The van der Waals surface area contributed by atoms with E-state index in [4.69, 9.17) is 0 Å². The minimum atomic E-state index is 1.10. The van der Waals surface area contributed by atoms with E-state index in [1.807, 2.05) is 0 Å². The fourth-order valence-corrected chi connectivity index (χ4v) is 2.22. The van der Waals surface area contributed by atoms with Crippen molar-refractivity contribution in [1.29, 1.82) is 0 Å². The monoisotopic (exact) mass is 352 g/mol. The summed E-state index contributed by atoms with van der Waals surface area (Å²) in [4.78, 5) is 0. The van der Waals surface area contributed by atoms with Crippen LogP contribution >= 0.6 is 38.5 Å². The van der Waals surface area contributed by atoms with E-state index in [1.54, 1.807) is 0 Å². The Labute approximate surface area is 102 Å². The first kappa shape index (κ1) is 11.5. The summed E-state index contributed by atoms with van der Waals surface area (Å²) >= 11 is 5.88. The van der Waals surface area contributed by atoms with Crippen molar-refractivity contribution >= 4 is 38.5 Å². The number of hydrogen-bond donors (Lipinski definition) is 0. The van der Waals surface area contributed by atoms with Gasteiger partial charge in [0.05, 0.1) is 0 Å². The lowest BCUT2D eigenvalue weighted by Gasteiger charge is -2.02. The molecule has 13 heavy (non-hydrogen) atoms. The van der Waals surface area contributed by atoms with Crippen molar-refractivity contribution < 1.29 is 0 Å². The molecule has 0 spiro atoms. The highest BCUT2D eigenvalue weighted by Gasteiger charge is 1.95. The lowest BCUT2D eigenvalue weighted by Crippen LogP contribution is -1.90. The fourth-order valence-electron chi connectivity index (χ4n) is 1.32. The SMILES string of the molecule is BrCCCc1cccc(CCI)c1. The van der Waals surface area contributed by atoms with Crippen molar-refractivity contribution in [2.75, 3.05) is 9.76 Å². The van der Waals surface area contributed by atoms with Crippen LogP contribution in [0, 0.1) is 0 Å². The molecule has 72 valence electrons. The molecule has 0 aliphatic carbocycles. The van der Waals surface area contributed by atoms with E-state index in [0.29, 0.717) is 0 Å². The normalized spacial score (nSPS) is 10.3. The van der Waals surface area contributed by atoms with Crippen molar-refractivity contribution in [3.05, 3.63) is 35.4 Å². The van der Waals surface area contributed by atoms with Gasteiger partial charge in [-0.05, 0) is 30.4 Å². The van der Waals surface area contributed by atoms with E-state index in [-0.39, 0.29) is 0 Å². The van der Waals surface area contributed by atoms with Crippen LogP contribution in [0.2, 0.25) is 0 Å². The van der Waals surface area contributed by atoms with Crippen LogP contribution in [0.1, 0.15) is 17.5 Å². The first-order valence-electron chi connectivity index (χ1n) is 4.56. The molecule has 0 fully saturated rings. The Bertz CT molecular complexity index is 248. The van der Waals surface area contributed by atoms with Gasteiger partial charge >= 0.3 is 0 Å². The quantitative estimate of drug-likeness (QED) is 0.555. The smallest absolute Gasteiger partial charge is 0.00358 e. The fraction of sp³-hybridized carbons (Fsp3) is 0.455. The van der Waals surface area contributed by atoms with Gasteiger partial charge in [0.25, 0.3) is 0 Å². The maximum atomic E-state index is 3.45. The Morgan fingerprint density at radius 1 is 1.15 bits per heavy atom. The molecule has 1 aromatic carbocycles. The Balaban J connectivity index is 2.56. The summed E-state index contributed by atoms with van der Waals surface area (Å²) in [7, 11) is 0. The van der Waals surface area contributed by atoms with Gasteiger partial charge in [-0.25, -0.2) is 0 Å². The average Bonchev–Trinajstić information content (AvgIpc) is 2.16. The molecule has 0 aliphatic heterocycles. The third-order valence-corrected chi connectivity index (χ3v) is 3.07. The third-order valence-electron chi connectivity index (χ3n) is 1.97. The standard InChI is InChI=1S/C11H14BrI/c12-7-2-5-10-3-1-4-11(9-10)6-8-13/h1,3-4,9H,2,5-8H2. The Kier molecular flexibility index (Phi) is 6.04. The second-order valence-corrected chi connectivity index (χ2v) is 4.92. The van der Waals surface area contributed by atoms with Crippen molar-refractivity contribution in [3.63, 3.8) is 0 Å². The lowest BCUT2D eigenvalue weighted by molar-refractivity contribution is 0.935. The van der Waals surface area contributed by atoms with E-state index >= 15 is 0 Å². The number of aryl methyl sites for hydroxylation is 2. The van der Waals surface area contributed by atoms with Crippen LogP contribution in [0.5, 0.6) is 0 Å². The van der Waals surface area contributed by atoms with Gasteiger partial charge in [0, 0.05) is 9.76 Å². The second-order valence-electron chi connectivity index (χ2n) is 3.05. The van der Waals surface area contributed by atoms with Crippen molar-refractivity contribution in [2.24, 2.45) is 0 Å². The van der Waals surface area contributed by atoms with Crippen LogP contribution in [0.4, 0.5) is 0 Å². The third kappa shape index (κ3) is 4.45. The van der Waals surface area contributed by atoms with Gasteiger partial charge in [-0.2, -0.15) is 0 Å². The highest BCUT2D eigenvalue weighted by atomic mass is 127. The van der Waals surface area contributed by atoms with Gasteiger partial charge in [0.2, 0.25) is 0 Å². The summed E-state index contributed by atoms with van der Waals surface area (Å²) in [6.07, 6.45) is 3.62. The van der Waals surface area contributed by atoms with Crippen LogP contribution in [0.15, 0.2) is 24.3 Å². The molecule has 0 heterocycles. The molecule has 0 bridgehead atoms. The molecule has 0 nitrogen and oxygen atoms in total. The molecule has 0 radical (unpaired) electrons. The van der Waals surface area contributed by atoms with Crippen LogP contribution in [0.25, 0.3) is 0 Å². The summed E-state index contributed by atoms with van der Waals surface area (Å²) < 4.78 is 1.21. The largest absolute Gasteiger partial charge is 0.0928 e. The summed E-state index contributed by atoms with van der Waals surface area (Å²) in [5.74, 6) is 0. The zero-order chi connectivity index (χ0) is 9.52. The molecule has 0 aliphatic rings. The molecule has 0 atom stereocenters. The van der Waals surface area contributed by atoms with Crippen LogP contribution in [-0.4, -0.2) is 9.76 Å². The van der Waals surface area contributed by atoms with Crippen molar-refractivity contribution in [1.82, 2.24) is 0 Å². The van der Waals surface area contributed by atoms with Gasteiger partial charge in [0.15, 0.2) is 0 Å². The summed E-state index contributed by atoms with van der Waals surface area (Å²) in [5.41, 5.74) is 2.95. The molecule has 0 amide bonds. The molecule has 0 saturated carbocycles. The van der Waals surface area contributed by atoms with Crippen molar-refractivity contribution in [2.45, 2.75) is 19.3 Å².